The number of amides is 1. The van der Waals surface area contributed by atoms with Gasteiger partial charge in [-0.2, -0.15) is 0 Å². The normalized spacial score (nSPS) is 10.5. The number of nitrogens with one attached hydrogen (secondary N) is 1. The lowest BCUT2D eigenvalue weighted by atomic mass is 10.2. The third kappa shape index (κ3) is 4.71. The molecule has 0 aliphatic carbocycles. The Kier molecular flexibility index (Phi) is 6.72. The number of halogens is 4. The highest BCUT2D eigenvalue weighted by Crippen LogP contribution is 2.31. The molecule has 0 bridgehead atoms. The van der Waals surface area contributed by atoms with E-state index in [2.05, 4.69) is 5.32 Å². The molecule has 0 saturated heterocycles. The summed E-state index contributed by atoms with van der Waals surface area (Å²) in [4.78, 5) is 12.0. The molecule has 2 rings (SSSR count). The Morgan fingerprint density at radius 1 is 0.909 bits per heavy atom. The van der Waals surface area contributed by atoms with Crippen molar-refractivity contribution >= 4 is 69.8 Å². The summed E-state index contributed by atoms with van der Waals surface area (Å²) >= 11 is 25.6. The number of thioether (sulfide) groups is 1. The number of para-hydroxylation sites is 1. The standard InChI is InChI=1S/C15H11Cl4NOS/c16-10-3-1-4-11(17)9(10)7-22-8-14(21)20-15-12(18)5-2-6-13(15)19/h1-6H,7-8H2,(H,20,21). The van der Waals surface area contributed by atoms with Crippen molar-refractivity contribution < 1.29 is 4.79 Å². The van der Waals surface area contributed by atoms with Gasteiger partial charge >= 0.3 is 0 Å². The fourth-order valence-electron chi connectivity index (χ4n) is 1.71. The Labute approximate surface area is 153 Å². The highest BCUT2D eigenvalue weighted by molar-refractivity contribution is 7.99. The number of hydrogen-bond acceptors (Lipinski definition) is 2. The molecule has 1 amide bonds. The summed E-state index contributed by atoms with van der Waals surface area (Å²) in [6, 6.07) is 10.4. The maximum atomic E-state index is 12.0. The van der Waals surface area contributed by atoms with Gasteiger partial charge in [0.25, 0.3) is 0 Å². The van der Waals surface area contributed by atoms with Crippen LogP contribution in [0.4, 0.5) is 5.69 Å². The summed E-state index contributed by atoms with van der Waals surface area (Å²) in [6.07, 6.45) is 0. The summed E-state index contributed by atoms with van der Waals surface area (Å²) in [5.74, 6) is 0.592. The zero-order valence-corrected chi connectivity index (χ0v) is 15.0. The minimum Gasteiger partial charge on any atom is -0.323 e. The summed E-state index contributed by atoms with van der Waals surface area (Å²) in [5.41, 5.74) is 1.24. The summed E-state index contributed by atoms with van der Waals surface area (Å²) in [6.45, 7) is 0. The highest BCUT2D eigenvalue weighted by atomic mass is 35.5. The van der Waals surface area contributed by atoms with Crippen LogP contribution in [-0.2, 0) is 10.5 Å². The summed E-state index contributed by atoms with van der Waals surface area (Å²) in [7, 11) is 0. The fraction of sp³-hybridized carbons (Fsp3) is 0.133. The first kappa shape index (κ1) is 17.8. The van der Waals surface area contributed by atoms with Crippen LogP contribution in [0.25, 0.3) is 0 Å². The molecular formula is C15H11Cl4NOS. The molecule has 0 atom stereocenters. The van der Waals surface area contributed by atoms with Crippen LogP contribution in [0.3, 0.4) is 0 Å². The highest BCUT2D eigenvalue weighted by Gasteiger charge is 2.11. The second-order valence-corrected chi connectivity index (χ2v) is 6.95. The zero-order chi connectivity index (χ0) is 16.1. The Morgan fingerprint density at radius 3 is 1.95 bits per heavy atom. The van der Waals surface area contributed by atoms with Crippen LogP contribution < -0.4 is 5.32 Å². The number of hydrogen-bond donors (Lipinski definition) is 1. The van der Waals surface area contributed by atoms with Crippen molar-refractivity contribution in [2.45, 2.75) is 5.75 Å². The Balaban J connectivity index is 1.91. The predicted molar refractivity (Wildman–Crippen MR) is 97.7 cm³/mol. The van der Waals surface area contributed by atoms with Gasteiger partial charge in [-0.3, -0.25) is 4.79 Å². The van der Waals surface area contributed by atoms with E-state index in [0.29, 0.717) is 31.5 Å². The second-order valence-electron chi connectivity index (χ2n) is 4.34. The number of anilines is 1. The van der Waals surface area contributed by atoms with Crippen LogP contribution in [0.2, 0.25) is 20.1 Å². The lowest BCUT2D eigenvalue weighted by Gasteiger charge is -2.10. The average Bonchev–Trinajstić information content (AvgIpc) is 2.46. The molecule has 0 unspecified atom stereocenters. The first-order valence-electron chi connectivity index (χ1n) is 6.23. The van der Waals surface area contributed by atoms with E-state index < -0.39 is 0 Å². The molecule has 2 aromatic rings. The lowest BCUT2D eigenvalue weighted by Crippen LogP contribution is -2.14. The Bertz CT molecular complexity index is 653. The van der Waals surface area contributed by atoms with Crippen molar-refractivity contribution in [3.63, 3.8) is 0 Å². The van der Waals surface area contributed by atoms with Crippen molar-refractivity contribution in [2.24, 2.45) is 0 Å². The van der Waals surface area contributed by atoms with Gasteiger partial charge in [-0.25, -0.2) is 0 Å². The fourth-order valence-corrected chi connectivity index (χ4v) is 3.76. The topological polar surface area (TPSA) is 29.1 Å². The largest absolute Gasteiger partial charge is 0.323 e. The van der Waals surface area contributed by atoms with Crippen LogP contribution in [0.5, 0.6) is 0 Å². The van der Waals surface area contributed by atoms with E-state index in [9.17, 15) is 4.79 Å². The van der Waals surface area contributed by atoms with E-state index in [4.69, 9.17) is 46.4 Å². The molecule has 0 spiro atoms. The quantitative estimate of drug-likeness (QED) is 0.656. The zero-order valence-electron chi connectivity index (χ0n) is 11.2. The van der Waals surface area contributed by atoms with Crippen molar-refractivity contribution in [1.82, 2.24) is 0 Å². The third-order valence-corrected chi connectivity index (χ3v) is 5.07. The maximum Gasteiger partial charge on any atom is 0.234 e. The Hall–Kier alpha value is -0.580. The molecule has 2 nitrogen and oxygen atoms in total. The smallest absolute Gasteiger partial charge is 0.234 e. The SMILES string of the molecule is O=C(CSCc1c(Cl)cccc1Cl)Nc1c(Cl)cccc1Cl. The number of carbonyl (C=O) groups excluding carboxylic acids is 1. The molecule has 0 fully saturated rings. The molecule has 2 aromatic carbocycles. The maximum absolute atomic E-state index is 12.0. The van der Waals surface area contributed by atoms with Crippen LogP contribution in [0.1, 0.15) is 5.56 Å². The second kappa shape index (κ2) is 8.32. The van der Waals surface area contributed by atoms with Crippen molar-refractivity contribution in [3.8, 4) is 0 Å². The summed E-state index contributed by atoms with van der Waals surface area (Å²) < 4.78 is 0. The predicted octanol–water partition coefficient (Wildman–Crippen LogP) is 6.17. The Morgan fingerprint density at radius 2 is 1.41 bits per heavy atom. The van der Waals surface area contributed by atoms with E-state index in [-0.39, 0.29) is 11.7 Å². The number of benzene rings is 2. The van der Waals surface area contributed by atoms with Gasteiger partial charge in [0.05, 0.1) is 21.5 Å². The van der Waals surface area contributed by atoms with Gasteiger partial charge in [0.15, 0.2) is 0 Å². The molecule has 0 aliphatic heterocycles. The monoisotopic (exact) mass is 393 g/mol. The molecule has 0 radical (unpaired) electrons. The van der Waals surface area contributed by atoms with Crippen LogP contribution in [0.15, 0.2) is 36.4 Å². The van der Waals surface area contributed by atoms with E-state index in [0.717, 1.165) is 5.56 Å². The molecule has 0 aromatic heterocycles. The van der Waals surface area contributed by atoms with E-state index in [1.54, 1.807) is 36.4 Å². The van der Waals surface area contributed by atoms with E-state index in [1.165, 1.54) is 11.8 Å². The van der Waals surface area contributed by atoms with Gasteiger partial charge in [0.2, 0.25) is 5.91 Å². The molecule has 116 valence electrons. The first-order valence-corrected chi connectivity index (χ1v) is 8.90. The average molecular weight is 395 g/mol. The molecule has 0 heterocycles. The van der Waals surface area contributed by atoms with Gasteiger partial charge in [-0.15, -0.1) is 11.8 Å². The lowest BCUT2D eigenvalue weighted by molar-refractivity contribution is -0.113. The van der Waals surface area contributed by atoms with E-state index >= 15 is 0 Å². The first-order chi connectivity index (χ1) is 10.5. The van der Waals surface area contributed by atoms with Crippen LogP contribution in [-0.4, -0.2) is 11.7 Å². The summed E-state index contributed by atoms with van der Waals surface area (Å²) in [5, 5.41) is 4.69. The minimum absolute atomic E-state index is 0.192. The van der Waals surface area contributed by atoms with E-state index in [1.807, 2.05) is 0 Å². The van der Waals surface area contributed by atoms with Gasteiger partial charge in [0.1, 0.15) is 0 Å². The third-order valence-electron chi connectivity index (χ3n) is 2.77. The molecular weight excluding hydrogens is 384 g/mol. The number of rotatable bonds is 5. The molecule has 0 aliphatic rings. The molecule has 1 N–H and O–H groups in total. The van der Waals surface area contributed by atoms with Crippen molar-refractivity contribution in [3.05, 3.63) is 62.1 Å². The number of carbonyl (C=O) groups is 1. The molecule has 7 heteroatoms. The van der Waals surface area contributed by atoms with Crippen LogP contribution >= 0.6 is 58.2 Å². The van der Waals surface area contributed by atoms with Crippen LogP contribution in [0, 0.1) is 0 Å². The van der Waals surface area contributed by atoms with Gasteiger partial charge in [-0.05, 0) is 29.8 Å². The van der Waals surface area contributed by atoms with Crippen molar-refractivity contribution in [2.75, 3.05) is 11.1 Å². The van der Waals surface area contributed by atoms with Gasteiger partial charge in [-0.1, -0.05) is 58.5 Å². The van der Waals surface area contributed by atoms with Gasteiger partial charge < -0.3 is 5.32 Å². The van der Waals surface area contributed by atoms with Gasteiger partial charge in [0, 0.05) is 15.8 Å². The molecule has 22 heavy (non-hydrogen) atoms. The molecule has 0 saturated carbocycles. The van der Waals surface area contributed by atoms with Crippen molar-refractivity contribution in [1.29, 1.82) is 0 Å². The minimum atomic E-state index is -0.192.